The fourth-order valence-electron chi connectivity index (χ4n) is 1.96. The van der Waals surface area contributed by atoms with E-state index in [1.165, 1.54) is 23.3 Å². The van der Waals surface area contributed by atoms with Gasteiger partial charge in [0.05, 0.1) is 10.2 Å². The molecule has 1 unspecified atom stereocenters. The molecule has 0 amide bonds. The van der Waals surface area contributed by atoms with E-state index >= 15 is 0 Å². The van der Waals surface area contributed by atoms with E-state index in [1.54, 1.807) is 23.9 Å². The highest BCUT2D eigenvalue weighted by molar-refractivity contribution is 8.00. The SMILES string of the molecule is CC1=C(C)CC(C(=O)c2ccc([N+](=O)[O-])cc2)SC1. The Bertz CT molecular complexity index is 548. The Morgan fingerprint density at radius 2 is 1.89 bits per heavy atom. The number of allylic oxidation sites excluding steroid dienone is 1. The van der Waals surface area contributed by atoms with Crippen molar-refractivity contribution in [3.8, 4) is 0 Å². The van der Waals surface area contributed by atoms with Crippen molar-refractivity contribution in [2.24, 2.45) is 0 Å². The van der Waals surface area contributed by atoms with Gasteiger partial charge in [0.2, 0.25) is 0 Å². The predicted octanol–water partition coefficient (Wildman–Crippen LogP) is 3.62. The Morgan fingerprint density at radius 3 is 2.42 bits per heavy atom. The monoisotopic (exact) mass is 277 g/mol. The number of nitro groups is 1. The average molecular weight is 277 g/mol. The van der Waals surface area contributed by atoms with Gasteiger partial charge in [0.25, 0.3) is 5.69 Å². The number of nitro benzene ring substituents is 1. The molecule has 4 nitrogen and oxygen atoms in total. The van der Waals surface area contributed by atoms with Crippen LogP contribution < -0.4 is 0 Å². The Morgan fingerprint density at radius 1 is 1.26 bits per heavy atom. The molecule has 0 saturated heterocycles. The molecule has 0 bridgehead atoms. The van der Waals surface area contributed by atoms with Crippen molar-refractivity contribution in [2.45, 2.75) is 25.5 Å². The van der Waals surface area contributed by atoms with Crippen molar-refractivity contribution in [2.75, 3.05) is 5.75 Å². The summed E-state index contributed by atoms with van der Waals surface area (Å²) in [6.07, 6.45) is 0.770. The first-order valence-corrected chi connectivity index (χ1v) is 7.09. The van der Waals surface area contributed by atoms with Crippen LogP contribution in [0.2, 0.25) is 0 Å². The predicted molar refractivity (Wildman–Crippen MR) is 76.7 cm³/mol. The van der Waals surface area contributed by atoms with Crippen LogP contribution in [0.25, 0.3) is 0 Å². The van der Waals surface area contributed by atoms with E-state index in [4.69, 9.17) is 0 Å². The van der Waals surface area contributed by atoms with E-state index in [0.717, 1.165) is 12.2 Å². The number of thioether (sulfide) groups is 1. The molecule has 0 N–H and O–H groups in total. The van der Waals surface area contributed by atoms with E-state index in [1.807, 2.05) is 0 Å². The fraction of sp³-hybridized carbons (Fsp3) is 0.357. The van der Waals surface area contributed by atoms with Crippen molar-refractivity contribution in [3.05, 3.63) is 51.1 Å². The van der Waals surface area contributed by atoms with Gasteiger partial charge >= 0.3 is 0 Å². The van der Waals surface area contributed by atoms with Gasteiger partial charge in [-0.05, 0) is 32.4 Å². The normalized spacial score (nSPS) is 19.4. The third-order valence-corrected chi connectivity index (χ3v) is 4.76. The topological polar surface area (TPSA) is 60.2 Å². The van der Waals surface area contributed by atoms with Crippen LogP contribution in [0.3, 0.4) is 0 Å². The lowest BCUT2D eigenvalue weighted by Crippen LogP contribution is -2.22. The summed E-state index contributed by atoms with van der Waals surface area (Å²) in [5, 5.41) is 10.5. The molecule has 1 aliphatic heterocycles. The van der Waals surface area contributed by atoms with Crippen LogP contribution in [0.5, 0.6) is 0 Å². The molecular formula is C14H15NO3S. The molecule has 0 spiro atoms. The molecule has 1 atom stereocenters. The van der Waals surface area contributed by atoms with E-state index in [-0.39, 0.29) is 16.7 Å². The molecule has 0 radical (unpaired) electrons. The Balaban J connectivity index is 2.14. The summed E-state index contributed by atoms with van der Waals surface area (Å²) in [5.41, 5.74) is 3.19. The number of rotatable bonds is 3. The maximum absolute atomic E-state index is 12.3. The van der Waals surface area contributed by atoms with Gasteiger partial charge in [0, 0.05) is 23.4 Å². The number of hydrogen-bond donors (Lipinski definition) is 0. The molecule has 1 heterocycles. The first kappa shape index (κ1) is 13.8. The molecule has 0 saturated carbocycles. The molecule has 100 valence electrons. The van der Waals surface area contributed by atoms with Crippen molar-refractivity contribution >= 4 is 23.2 Å². The van der Waals surface area contributed by atoms with Gasteiger partial charge < -0.3 is 0 Å². The lowest BCUT2D eigenvalue weighted by Gasteiger charge is -2.22. The molecule has 5 heteroatoms. The highest BCUT2D eigenvalue weighted by Gasteiger charge is 2.25. The third-order valence-electron chi connectivity index (χ3n) is 3.38. The van der Waals surface area contributed by atoms with E-state index in [0.29, 0.717) is 5.56 Å². The Hall–Kier alpha value is -1.62. The summed E-state index contributed by atoms with van der Waals surface area (Å²) in [7, 11) is 0. The minimum atomic E-state index is -0.458. The molecule has 1 aliphatic rings. The van der Waals surface area contributed by atoms with Crippen LogP contribution in [0.15, 0.2) is 35.4 Å². The number of carbonyl (C=O) groups is 1. The van der Waals surface area contributed by atoms with Gasteiger partial charge in [0.1, 0.15) is 0 Å². The quantitative estimate of drug-likeness (QED) is 0.366. The van der Waals surface area contributed by atoms with Crippen LogP contribution in [0, 0.1) is 10.1 Å². The van der Waals surface area contributed by atoms with Crippen molar-refractivity contribution in [1.82, 2.24) is 0 Å². The Labute approximate surface area is 116 Å². The first-order chi connectivity index (χ1) is 8.99. The van der Waals surface area contributed by atoms with Gasteiger partial charge in [-0.1, -0.05) is 11.1 Å². The second kappa shape index (κ2) is 5.57. The zero-order valence-electron chi connectivity index (χ0n) is 10.9. The minimum Gasteiger partial charge on any atom is -0.293 e. The zero-order chi connectivity index (χ0) is 14.0. The zero-order valence-corrected chi connectivity index (χ0v) is 11.7. The van der Waals surface area contributed by atoms with E-state index < -0.39 is 4.92 Å². The molecule has 2 rings (SSSR count). The Kier molecular flexibility index (Phi) is 4.04. The largest absolute Gasteiger partial charge is 0.293 e. The molecule has 0 aromatic heterocycles. The van der Waals surface area contributed by atoms with E-state index in [9.17, 15) is 14.9 Å². The summed E-state index contributed by atoms with van der Waals surface area (Å²) in [6.45, 7) is 4.15. The summed E-state index contributed by atoms with van der Waals surface area (Å²) in [5.74, 6) is 0.946. The fourth-order valence-corrected chi connectivity index (χ4v) is 3.31. The van der Waals surface area contributed by atoms with Crippen LogP contribution in [0.1, 0.15) is 30.6 Å². The summed E-state index contributed by atoms with van der Waals surface area (Å²) >= 11 is 1.65. The van der Waals surface area contributed by atoms with E-state index in [2.05, 4.69) is 13.8 Å². The number of hydrogen-bond acceptors (Lipinski definition) is 4. The average Bonchev–Trinajstić information content (AvgIpc) is 2.41. The van der Waals surface area contributed by atoms with Gasteiger partial charge in [-0.15, -0.1) is 11.8 Å². The lowest BCUT2D eigenvalue weighted by molar-refractivity contribution is -0.384. The second-order valence-corrected chi connectivity index (χ2v) is 5.92. The number of Topliss-reactive ketones (excluding diaryl/α,β-unsaturated/α-hetero) is 1. The van der Waals surface area contributed by atoms with Gasteiger partial charge in [-0.3, -0.25) is 14.9 Å². The number of nitrogens with zero attached hydrogens (tertiary/aromatic N) is 1. The van der Waals surface area contributed by atoms with Gasteiger partial charge in [0.15, 0.2) is 5.78 Å². The highest BCUT2D eigenvalue weighted by atomic mass is 32.2. The van der Waals surface area contributed by atoms with Gasteiger partial charge in [-0.2, -0.15) is 0 Å². The summed E-state index contributed by atoms with van der Waals surface area (Å²) in [4.78, 5) is 22.4. The third kappa shape index (κ3) is 3.04. The second-order valence-electron chi connectivity index (χ2n) is 4.73. The molecule has 1 aromatic carbocycles. The maximum atomic E-state index is 12.3. The maximum Gasteiger partial charge on any atom is 0.269 e. The van der Waals surface area contributed by atoms with Crippen LogP contribution in [-0.4, -0.2) is 21.7 Å². The van der Waals surface area contributed by atoms with Crippen molar-refractivity contribution < 1.29 is 9.72 Å². The first-order valence-electron chi connectivity index (χ1n) is 6.04. The van der Waals surface area contributed by atoms with Crippen molar-refractivity contribution in [1.29, 1.82) is 0 Å². The molecule has 1 aromatic rings. The highest BCUT2D eigenvalue weighted by Crippen LogP contribution is 2.31. The smallest absolute Gasteiger partial charge is 0.269 e. The minimum absolute atomic E-state index is 0.0137. The number of ketones is 1. The summed E-state index contributed by atoms with van der Waals surface area (Å²) < 4.78 is 0. The van der Waals surface area contributed by atoms with Crippen LogP contribution in [-0.2, 0) is 0 Å². The summed E-state index contributed by atoms with van der Waals surface area (Å²) in [6, 6.07) is 5.85. The standard InChI is InChI=1S/C14H15NO3S/c1-9-7-13(19-8-10(9)2)14(16)11-3-5-12(6-4-11)15(17)18/h3-6,13H,7-8H2,1-2H3. The van der Waals surface area contributed by atoms with Crippen molar-refractivity contribution in [3.63, 3.8) is 0 Å². The molecular weight excluding hydrogens is 262 g/mol. The molecule has 0 aliphatic carbocycles. The number of carbonyl (C=O) groups excluding carboxylic acids is 1. The number of non-ortho nitro benzene ring substituents is 1. The number of benzene rings is 1. The van der Waals surface area contributed by atoms with Gasteiger partial charge in [-0.25, -0.2) is 0 Å². The van der Waals surface area contributed by atoms with Crippen LogP contribution in [0.4, 0.5) is 5.69 Å². The molecule has 0 fully saturated rings. The molecule has 19 heavy (non-hydrogen) atoms. The lowest BCUT2D eigenvalue weighted by atomic mass is 10.00. The van der Waals surface area contributed by atoms with Crippen LogP contribution >= 0.6 is 11.8 Å².